The van der Waals surface area contributed by atoms with Gasteiger partial charge < -0.3 is 24.2 Å². The number of nitrogens with one attached hydrogen (secondary N) is 2. The summed E-state index contributed by atoms with van der Waals surface area (Å²) in [7, 11) is 3.60. The standard InChI is InChI=1S/C22H29N3O5S/c1-4-5-6-7-9-25-21(27)16(20(26)23-22(25)31)17-15-13(8-10-24(17)2)11-14-18(19(15)28-3)30-12-29-14/h11,17,27H,4-10,12H2,1-3H3,(H,23,26,31)/p+1/t17-/m1/s1. The van der Waals surface area contributed by atoms with Gasteiger partial charge in [-0.3, -0.25) is 14.3 Å². The predicted octanol–water partition coefficient (Wildman–Crippen LogP) is 2.09. The number of hydrogen-bond acceptors (Lipinski definition) is 6. The number of quaternary nitrogens is 1. The number of aromatic hydroxyl groups is 1. The molecule has 3 heterocycles. The van der Waals surface area contributed by atoms with Crippen LogP contribution < -0.4 is 24.7 Å². The van der Waals surface area contributed by atoms with E-state index in [0.717, 1.165) is 54.7 Å². The van der Waals surface area contributed by atoms with Crippen LogP contribution in [0.5, 0.6) is 23.1 Å². The molecule has 0 saturated carbocycles. The highest BCUT2D eigenvalue weighted by Crippen LogP contribution is 2.48. The molecule has 0 saturated heterocycles. The van der Waals surface area contributed by atoms with E-state index < -0.39 is 6.04 Å². The molecule has 1 aromatic heterocycles. The molecule has 2 aromatic rings. The maximum Gasteiger partial charge on any atom is 0.265 e. The molecule has 31 heavy (non-hydrogen) atoms. The third kappa shape index (κ3) is 3.80. The number of hydrogen-bond donors (Lipinski definition) is 3. The summed E-state index contributed by atoms with van der Waals surface area (Å²) in [5.41, 5.74) is 1.82. The van der Waals surface area contributed by atoms with Gasteiger partial charge in [-0.05, 0) is 30.3 Å². The van der Waals surface area contributed by atoms with E-state index in [2.05, 4.69) is 11.9 Å². The summed E-state index contributed by atoms with van der Waals surface area (Å²) < 4.78 is 18.9. The molecule has 2 aliphatic heterocycles. The summed E-state index contributed by atoms with van der Waals surface area (Å²) in [6, 6.07) is 1.54. The molecule has 1 unspecified atom stereocenters. The molecule has 8 nitrogen and oxygen atoms in total. The number of nitrogens with zero attached hydrogens (tertiary/aromatic N) is 1. The maximum absolute atomic E-state index is 13.1. The fourth-order valence-corrected chi connectivity index (χ4v) is 4.93. The Morgan fingerprint density at radius 3 is 2.87 bits per heavy atom. The van der Waals surface area contributed by atoms with Crippen LogP contribution >= 0.6 is 12.2 Å². The number of unbranched alkanes of at least 4 members (excludes halogenated alkanes) is 3. The average Bonchev–Trinajstić information content (AvgIpc) is 3.21. The van der Waals surface area contributed by atoms with Crippen LogP contribution in [0.25, 0.3) is 0 Å². The van der Waals surface area contributed by atoms with Gasteiger partial charge in [0.05, 0.1) is 26.3 Å². The van der Waals surface area contributed by atoms with E-state index in [1.807, 2.05) is 13.1 Å². The van der Waals surface area contributed by atoms with Crippen LogP contribution in [0, 0.1) is 4.77 Å². The molecule has 3 N–H and O–H groups in total. The molecule has 0 spiro atoms. The van der Waals surface area contributed by atoms with Crippen molar-refractivity contribution in [3.8, 4) is 23.1 Å². The summed E-state index contributed by atoms with van der Waals surface area (Å²) in [6.45, 7) is 3.65. The summed E-state index contributed by atoms with van der Waals surface area (Å²) in [4.78, 5) is 16.9. The van der Waals surface area contributed by atoms with Crippen molar-refractivity contribution in [1.29, 1.82) is 0 Å². The molecule has 0 radical (unpaired) electrons. The van der Waals surface area contributed by atoms with Gasteiger partial charge in [0, 0.05) is 13.0 Å². The number of aromatic nitrogens is 2. The Balaban J connectivity index is 1.86. The van der Waals surface area contributed by atoms with Crippen LogP contribution in [0.2, 0.25) is 0 Å². The van der Waals surface area contributed by atoms with Crippen molar-refractivity contribution < 1.29 is 24.2 Å². The van der Waals surface area contributed by atoms with Crippen molar-refractivity contribution in [2.24, 2.45) is 0 Å². The van der Waals surface area contributed by atoms with E-state index in [-0.39, 0.29) is 23.0 Å². The molecular formula is C22H30N3O5S+. The predicted molar refractivity (Wildman–Crippen MR) is 118 cm³/mol. The largest absolute Gasteiger partial charge is 0.494 e. The Morgan fingerprint density at radius 2 is 2.13 bits per heavy atom. The maximum atomic E-state index is 13.1. The zero-order valence-electron chi connectivity index (χ0n) is 18.2. The van der Waals surface area contributed by atoms with Crippen LogP contribution in [0.1, 0.15) is 55.3 Å². The fraction of sp³-hybridized carbons (Fsp3) is 0.545. The summed E-state index contributed by atoms with van der Waals surface area (Å²) in [5.74, 6) is 1.69. The van der Waals surface area contributed by atoms with Gasteiger partial charge >= 0.3 is 0 Å². The monoisotopic (exact) mass is 448 g/mol. The fourth-order valence-electron chi connectivity index (χ4n) is 4.66. The highest BCUT2D eigenvalue weighted by atomic mass is 32.1. The lowest BCUT2D eigenvalue weighted by Gasteiger charge is -2.33. The second-order valence-electron chi connectivity index (χ2n) is 8.20. The van der Waals surface area contributed by atoms with Gasteiger partial charge in [0.25, 0.3) is 5.56 Å². The second kappa shape index (κ2) is 8.92. The quantitative estimate of drug-likeness (QED) is 0.444. The van der Waals surface area contributed by atoms with E-state index in [1.54, 1.807) is 11.7 Å². The zero-order chi connectivity index (χ0) is 22.1. The minimum absolute atomic E-state index is 0.0674. The van der Waals surface area contributed by atoms with Crippen LogP contribution in [0.3, 0.4) is 0 Å². The topological polar surface area (TPSA) is 90.2 Å². The number of likely N-dealkylation sites (N-methyl/N-ethyl adjacent to an activating group) is 1. The van der Waals surface area contributed by atoms with E-state index in [4.69, 9.17) is 26.4 Å². The molecule has 4 rings (SSSR count). The van der Waals surface area contributed by atoms with Gasteiger partial charge in [0.2, 0.25) is 18.4 Å². The average molecular weight is 449 g/mol. The van der Waals surface area contributed by atoms with Crippen LogP contribution in [-0.4, -0.2) is 42.2 Å². The van der Waals surface area contributed by atoms with E-state index >= 15 is 0 Å². The molecule has 0 amide bonds. The Labute approximate surface area is 186 Å². The SMILES string of the molecule is CCCCCCn1c(O)c([C@H]2c3c(cc4c(c3OC)OCO4)CC[NH+]2C)c(=O)[nH]c1=S. The van der Waals surface area contributed by atoms with Crippen molar-refractivity contribution in [2.75, 3.05) is 27.5 Å². The van der Waals surface area contributed by atoms with Crippen LogP contribution in [0.4, 0.5) is 0 Å². The van der Waals surface area contributed by atoms with Gasteiger partial charge in [0.1, 0.15) is 5.56 Å². The third-order valence-corrected chi connectivity index (χ3v) is 6.57. The Morgan fingerprint density at radius 1 is 1.32 bits per heavy atom. The lowest BCUT2D eigenvalue weighted by atomic mass is 9.87. The van der Waals surface area contributed by atoms with Gasteiger partial charge in [-0.1, -0.05) is 26.2 Å². The smallest absolute Gasteiger partial charge is 0.265 e. The zero-order valence-corrected chi connectivity index (χ0v) is 19.1. The van der Waals surface area contributed by atoms with Gasteiger partial charge in [-0.2, -0.15) is 0 Å². The first-order valence-corrected chi connectivity index (χ1v) is 11.3. The number of fused-ring (bicyclic) bond motifs is 2. The Hall–Kier alpha value is -2.52. The highest BCUT2D eigenvalue weighted by Gasteiger charge is 2.40. The van der Waals surface area contributed by atoms with Gasteiger partial charge in [0.15, 0.2) is 22.3 Å². The van der Waals surface area contributed by atoms with Gasteiger partial charge in [-0.15, -0.1) is 0 Å². The molecular weight excluding hydrogens is 418 g/mol. The lowest BCUT2D eigenvalue weighted by molar-refractivity contribution is -0.908. The summed E-state index contributed by atoms with van der Waals surface area (Å²) >= 11 is 5.37. The van der Waals surface area contributed by atoms with Crippen molar-refractivity contribution in [1.82, 2.24) is 9.55 Å². The van der Waals surface area contributed by atoms with E-state index in [1.165, 1.54) is 0 Å². The van der Waals surface area contributed by atoms with Crippen molar-refractivity contribution in [3.63, 3.8) is 0 Å². The molecule has 0 aliphatic carbocycles. The number of benzene rings is 1. The highest BCUT2D eigenvalue weighted by molar-refractivity contribution is 7.71. The first-order valence-electron chi connectivity index (χ1n) is 10.9. The first-order chi connectivity index (χ1) is 15.0. The number of aromatic amines is 1. The molecule has 168 valence electrons. The number of ether oxygens (including phenoxy) is 3. The molecule has 0 fully saturated rings. The Bertz CT molecular complexity index is 1090. The Kier molecular flexibility index (Phi) is 6.24. The third-order valence-electron chi connectivity index (χ3n) is 6.25. The molecule has 9 heteroatoms. The number of rotatable bonds is 7. The summed E-state index contributed by atoms with van der Waals surface area (Å²) in [6.07, 6.45) is 4.97. The minimum atomic E-state index is -0.422. The first kappa shape index (κ1) is 21.7. The van der Waals surface area contributed by atoms with Gasteiger partial charge in [-0.25, -0.2) is 0 Å². The number of H-pyrrole nitrogens is 1. The van der Waals surface area contributed by atoms with Crippen LogP contribution in [0.15, 0.2) is 10.9 Å². The molecule has 1 aromatic carbocycles. The minimum Gasteiger partial charge on any atom is -0.494 e. The van der Waals surface area contributed by atoms with E-state index in [9.17, 15) is 9.90 Å². The summed E-state index contributed by atoms with van der Waals surface area (Å²) in [5, 5.41) is 11.2. The van der Waals surface area contributed by atoms with Crippen molar-refractivity contribution in [3.05, 3.63) is 37.9 Å². The molecule has 0 bridgehead atoms. The molecule has 2 atom stereocenters. The van der Waals surface area contributed by atoms with Crippen LogP contribution in [-0.2, 0) is 13.0 Å². The van der Waals surface area contributed by atoms with Crippen molar-refractivity contribution in [2.45, 2.75) is 51.6 Å². The van der Waals surface area contributed by atoms with Crippen molar-refractivity contribution >= 4 is 12.2 Å². The molecule has 2 aliphatic rings. The number of methoxy groups -OCH3 is 1. The second-order valence-corrected chi connectivity index (χ2v) is 8.59. The normalized spacial score (nSPS) is 19.3. The lowest BCUT2D eigenvalue weighted by Crippen LogP contribution is -3.10. The van der Waals surface area contributed by atoms with E-state index in [0.29, 0.717) is 29.4 Å².